The lowest BCUT2D eigenvalue weighted by Gasteiger charge is -2.05. The van der Waals surface area contributed by atoms with E-state index in [4.69, 9.17) is 4.74 Å². The highest BCUT2D eigenvalue weighted by Gasteiger charge is 2.02. The van der Waals surface area contributed by atoms with Gasteiger partial charge in [-0.05, 0) is 50.1 Å². The van der Waals surface area contributed by atoms with E-state index in [1.54, 1.807) is 0 Å². The van der Waals surface area contributed by atoms with Crippen LogP contribution in [0.25, 0.3) is 0 Å². The molecule has 1 aromatic carbocycles. The van der Waals surface area contributed by atoms with E-state index in [0.717, 1.165) is 29.9 Å². The number of unbranched alkanes of at least 4 members (excludes halogenated alkanes) is 3. The molecule has 0 aromatic heterocycles. The smallest absolute Gasteiger partial charge is 0.240 e. The minimum atomic E-state index is -0.0172. The molecule has 0 radical (unpaired) electrons. The number of amides is 1. The molecule has 0 spiro atoms. The van der Waals surface area contributed by atoms with Gasteiger partial charge in [0.2, 0.25) is 5.91 Å². The van der Waals surface area contributed by atoms with Crippen LogP contribution in [0.4, 0.5) is 0 Å². The molecule has 0 fully saturated rings. The predicted octanol–water partition coefficient (Wildman–Crippen LogP) is 3.90. The zero-order valence-corrected chi connectivity index (χ0v) is 13.3. The van der Waals surface area contributed by atoms with E-state index < -0.39 is 0 Å². The third-order valence-electron chi connectivity index (χ3n) is 3.19. The van der Waals surface area contributed by atoms with Crippen molar-refractivity contribution in [2.75, 3.05) is 6.61 Å². The summed E-state index contributed by atoms with van der Waals surface area (Å²) >= 11 is 0. The Kier molecular flexibility index (Phi) is 8.17. The van der Waals surface area contributed by atoms with Gasteiger partial charge < -0.3 is 4.74 Å². The number of hydrogen-bond acceptors (Lipinski definition) is 3. The number of carbonyl (C=O) groups is 1. The van der Waals surface area contributed by atoms with Crippen molar-refractivity contribution in [2.45, 2.75) is 52.9 Å². The molecule has 1 N–H and O–H groups in total. The first-order valence-corrected chi connectivity index (χ1v) is 7.73. The van der Waals surface area contributed by atoms with Crippen molar-refractivity contribution in [2.24, 2.45) is 5.10 Å². The molecular formula is C17H26N2O2. The normalized spacial score (nSPS) is 11.3. The van der Waals surface area contributed by atoms with Gasteiger partial charge in [-0.1, -0.05) is 26.2 Å². The molecule has 0 aliphatic rings. The molecule has 0 aliphatic carbocycles. The average molecular weight is 290 g/mol. The average Bonchev–Trinajstić information content (AvgIpc) is 2.50. The lowest BCUT2D eigenvalue weighted by molar-refractivity contribution is -0.121. The molecule has 0 aliphatic heterocycles. The number of benzene rings is 1. The van der Waals surface area contributed by atoms with Crippen LogP contribution in [0.3, 0.4) is 0 Å². The fourth-order valence-corrected chi connectivity index (χ4v) is 1.94. The van der Waals surface area contributed by atoms with E-state index in [-0.39, 0.29) is 5.91 Å². The summed E-state index contributed by atoms with van der Waals surface area (Å²) in [7, 11) is 0. The largest absolute Gasteiger partial charge is 0.494 e. The molecule has 116 valence electrons. The Labute approximate surface area is 127 Å². The van der Waals surface area contributed by atoms with Gasteiger partial charge in [0.1, 0.15) is 5.75 Å². The first-order chi connectivity index (χ1) is 10.2. The SMILES string of the molecule is CCCCCCC(=O)NN=C(C)c1ccc(OCC)cc1. The Hall–Kier alpha value is -1.84. The summed E-state index contributed by atoms with van der Waals surface area (Å²) in [6.45, 7) is 6.65. The van der Waals surface area contributed by atoms with Gasteiger partial charge in [-0.2, -0.15) is 5.10 Å². The molecule has 21 heavy (non-hydrogen) atoms. The van der Waals surface area contributed by atoms with E-state index in [0.29, 0.717) is 13.0 Å². The van der Waals surface area contributed by atoms with Crippen molar-refractivity contribution >= 4 is 11.6 Å². The van der Waals surface area contributed by atoms with Gasteiger partial charge in [-0.3, -0.25) is 4.79 Å². The van der Waals surface area contributed by atoms with Crippen molar-refractivity contribution in [3.05, 3.63) is 29.8 Å². The zero-order valence-electron chi connectivity index (χ0n) is 13.3. The first kappa shape index (κ1) is 17.2. The summed E-state index contributed by atoms with van der Waals surface area (Å²) in [5, 5.41) is 4.15. The van der Waals surface area contributed by atoms with Gasteiger partial charge in [0, 0.05) is 6.42 Å². The van der Waals surface area contributed by atoms with Crippen LogP contribution in [0.15, 0.2) is 29.4 Å². The third-order valence-corrected chi connectivity index (χ3v) is 3.19. The summed E-state index contributed by atoms with van der Waals surface area (Å²) < 4.78 is 5.39. The summed E-state index contributed by atoms with van der Waals surface area (Å²) in [6.07, 6.45) is 4.93. The quantitative estimate of drug-likeness (QED) is 0.426. The topological polar surface area (TPSA) is 50.7 Å². The highest BCUT2D eigenvalue weighted by molar-refractivity contribution is 5.99. The number of nitrogens with one attached hydrogen (secondary N) is 1. The van der Waals surface area contributed by atoms with E-state index in [9.17, 15) is 4.79 Å². The molecule has 0 bridgehead atoms. The van der Waals surface area contributed by atoms with Crippen molar-refractivity contribution in [1.29, 1.82) is 0 Å². The Morgan fingerprint density at radius 2 is 1.86 bits per heavy atom. The molecule has 1 amide bonds. The molecule has 4 nitrogen and oxygen atoms in total. The van der Waals surface area contributed by atoms with Crippen molar-refractivity contribution in [3.8, 4) is 5.75 Å². The number of rotatable bonds is 9. The second kappa shape index (κ2) is 9.97. The Morgan fingerprint density at radius 3 is 2.48 bits per heavy atom. The second-order valence-corrected chi connectivity index (χ2v) is 5.00. The van der Waals surface area contributed by atoms with Crippen molar-refractivity contribution < 1.29 is 9.53 Å². The molecule has 0 heterocycles. The highest BCUT2D eigenvalue weighted by Crippen LogP contribution is 2.12. The van der Waals surface area contributed by atoms with Crippen LogP contribution in [0.5, 0.6) is 5.75 Å². The van der Waals surface area contributed by atoms with Crippen LogP contribution in [-0.2, 0) is 4.79 Å². The van der Waals surface area contributed by atoms with E-state index in [1.165, 1.54) is 12.8 Å². The fourth-order valence-electron chi connectivity index (χ4n) is 1.94. The van der Waals surface area contributed by atoms with E-state index in [1.807, 2.05) is 38.1 Å². The minimum absolute atomic E-state index is 0.0172. The molecule has 0 atom stereocenters. The van der Waals surface area contributed by atoms with E-state index >= 15 is 0 Å². The summed E-state index contributed by atoms with van der Waals surface area (Å²) in [4.78, 5) is 11.6. The lowest BCUT2D eigenvalue weighted by atomic mass is 10.1. The fraction of sp³-hybridized carbons (Fsp3) is 0.529. The maximum absolute atomic E-state index is 11.6. The monoisotopic (exact) mass is 290 g/mol. The Balaban J connectivity index is 2.42. The van der Waals surface area contributed by atoms with Crippen LogP contribution in [0, 0.1) is 0 Å². The van der Waals surface area contributed by atoms with Crippen molar-refractivity contribution in [1.82, 2.24) is 5.43 Å². The third kappa shape index (κ3) is 6.93. The Morgan fingerprint density at radius 1 is 1.14 bits per heavy atom. The molecule has 1 aromatic rings. The second-order valence-electron chi connectivity index (χ2n) is 5.00. The van der Waals surface area contributed by atoms with Crippen molar-refractivity contribution in [3.63, 3.8) is 0 Å². The lowest BCUT2D eigenvalue weighted by Crippen LogP contribution is -2.18. The van der Waals surface area contributed by atoms with Gasteiger partial charge in [0.25, 0.3) is 0 Å². The van der Waals surface area contributed by atoms with Gasteiger partial charge >= 0.3 is 0 Å². The van der Waals surface area contributed by atoms with Crippen LogP contribution >= 0.6 is 0 Å². The van der Waals surface area contributed by atoms with Crippen LogP contribution in [0.1, 0.15) is 58.4 Å². The van der Waals surface area contributed by atoms with Crippen LogP contribution in [0.2, 0.25) is 0 Å². The molecule has 0 saturated carbocycles. The Bertz CT molecular complexity index is 452. The predicted molar refractivity (Wildman–Crippen MR) is 86.7 cm³/mol. The van der Waals surface area contributed by atoms with Crippen LogP contribution < -0.4 is 10.2 Å². The molecular weight excluding hydrogens is 264 g/mol. The number of carbonyl (C=O) groups excluding carboxylic acids is 1. The summed E-state index contributed by atoms with van der Waals surface area (Å²) in [5.74, 6) is 0.824. The number of nitrogens with zero attached hydrogens (tertiary/aromatic N) is 1. The molecule has 4 heteroatoms. The standard InChI is InChI=1S/C17H26N2O2/c1-4-6-7-8-9-17(20)19-18-14(3)15-10-12-16(13-11-15)21-5-2/h10-13H,4-9H2,1-3H3,(H,19,20). The number of hydrazone groups is 1. The molecule has 0 saturated heterocycles. The number of hydrogen-bond donors (Lipinski definition) is 1. The van der Waals surface area contributed by atoms with Gasteiger partial charge in [0.15, 0.2) is 0 Å². The zero-order chi connectivity index (χ0) is 15.5. The van der Waals surface area contributed by atoms with E-state index in [2.05, 4.69) is 17.5 Å². The maximum Gasteiger partial charge on any atom is 0.240 e. The first-order valence-electron chi connectivity index (χ1n) is 7.73. The number of ether oxygens (including phenoxy) is 1. The van der Waals surface area contributed by atoms with Gasteiger partial charge in [0.05, 0.1) is 12.3 Å². The molecule has 0 unspecified atom stereocenters. The van der Waals surface area contributed by atoms with Gasteiger partial charge in [-0.15, -0.1) is 0 Å². The summed E-state index contributed by atoms with van der Waals surface area (Å²) in [6, 6.07) is 7.70. The van der Waals surface area contributed by atoms with Gasteiger partial charge in [-0.25, -0.2) is 5.43 Å². The maximum atomic E-state index is 11.6. The molecule has 1 rings (SSSR count). The summed E-state index contributed by atoms with van der Waals surface area (Å²) in [5.41, 5.74) is 4.38. The van der Waals surface area contributed by atoms with Crippen LogP contribution in [-0.4, -0.2) is 18.2 Å². The minimum Gasteiger partial charge on any atom is -0.494 e. The highest BCUT2D eigenvalue weighted by atomic mass is 16.5.